The van der Waals surface area contributed by atoms with E-state index in [-0.39, 0.29) is 5.75 Å². The Morgan fingerprint density at radius 1 is 1.33 bits per heavy atom. The third kappa shape index (κ3) is 4.28. The quantitative estimate of drug-likeness (QED) is 0.707. The van der Waals surface area contributed by atoms with Crippen molar-refractivity contribution < 1.29 is 8.42 Å². The molecule has 0 amide bonds. The van der Waals surface area contributed by atoms with Gasteiger partial charge in [-0.2, -0.15) is 0 Å². The van der Waals surface area contributed by atoms with Gasteiger partial charge in [-0.15, -0.1) is 0 Å². The number of hydrogen-bond donors (Lipinski definition) is 1. The first-order valence-electron chi connectivity index (χ1n) is 4.21. The maximum absolute atomic E-state index is 10.6. The maximum Gasteiger partial charge on any atom is 0.232 e. The summed E-state index contributed by atoms with van der Waals surface area (Å²) >= 11 is 0. The molecule has 1 N–H and O–H groups in total. The predicted octanol–water partition coefficient (Wildman–Crippen LogP) is 0.945. The molecule has 0 spiro atoms. The lowest BCUT2D eigenvalue weighted by atomic mass is 9.96. The summed E-state index contributed by atoms with van der Waals surface area (Å²) in [7, 11) is 1.84. The molecule has 0 aliphatic carbocycles. The van der Waals surface area contributed by atoms with Gasteiger partial charge in [-0.3, -0.25) is 0 Å². The van der Waals surface area contributed by atoms with E-state index in [0.29, 0.717) is 12.3 Å². The van der Waals surface area contributed by atoms with Crippen LogP contribution in [0.1, 0.15) is 19.3 Å². The van der Waals surface area contributed by atoms with E-state index in [1.54, 1.807) is 0 Å². The lowest BCUT2D eigenvalue weighted by Gasteiger charge is -2.21. The fraction of sp³-hybridized carbons (Fsp3) is 1.00. The van der Waals surface area contributed by atoms with Gasteiger partial charge in [0.05, 0.1) is 5.75 Å². The minimum atomic E-state index is -3.27. The molecule has 0 aromatic heterocycles. The molecule has 1 heterocycles. The first-order chi connectivity index (χ1) is 5.58. The Labute approximate surface area is 77.9 Å². The van der Waals surface area contributed by atoms with Crippen LogP contribution >= 0.6 is 10.7 Å². The lowest BCUT2D eigenvalue weighted by Crippen LogP contribution is -2.28. The van der Waals surface area contributed by atoms with Gasteiger partial charge in [-0.05, 0) is 38.3 Å². The number of piperidine rings is 1. The van der Waals surface area contributed by atoms with Crippen LogP contribution in [0, 0.1) is 5.92 Å². The van der Waals surface area contributed by atoms with Gasteiger partial charge in [0.2, 0.25) is 9.05 Å². The van der Waals surface area contributed by atoms with Crippen LogP contribution in [-0.2, 0) is 9.05 Å². The van der Waals surface area contributed by atoms with Crippen molar-refractivity contribution in [3.63, 3.8) is 0 Å². The summed E-state index contributed by atoms with van der Waals surface area (Å²) < 4.78 is 21.2. The molecule has 0 atom stereocenters. The van der Waals surface area contributed by atoms with Crippen molar-refractivity contribution in [3.8, 4) is 0 Å². The average Bonchev–Trinajstić information content (AvgIpc) is 2.02. The Morgan fingerprint density at radius 2 is 1.92 bits per heavy atom. The van der Waals surface area contributed by atoms with Crippen molar-refractivity contribution in [1.82, 2.24) is 5.32 Å². The highest BCUT2D eigenvalue weighted by Gasteiger charge is 2.15. The second kappa shape index (κ2) is 4.44. The van der Waals surface area contributed by atoms with Crippen molar-refractivity contribution in [2.75, 3.05) is 18.8 Å². The van der Waals surface area contributed by atoms with Crippen LogP contribution in [0.5, 0.6) is 0 Å². The molecule has 12 heavy (non-hydrogen) atoms. The summed E-state index contributed by atoms with van der Waals surface area (Å²) in [6.45, 7) is 2.01. The zero-order valence-corrected chi connectivity index (χ0v) is 8.50. The standard InChI is InChI=1S/C7H14ClNO2S/c8-12(10,11)6-3-7-1-4-9-5-2-7/h7,9H,1-6H2. The van der Waals surface area contributed by atoms with Crippen molar-refractivity contribution in [2.45, 2.75) is 19.3 Å². The van der Waals surface area contributed by atoms with E-state index in [1.807, 2.05) is 0 Å². The normalized spacial score (nSPS) is 21.1. The van der Waals surface area contributed by atoms with Crippen LogP contribution in [0.4, 0.5) is 0 Å². The summed E-state index contributed by atoms with van der Waals surface area (Å²) in [5.74, 6) is 0.666. The first-order valence-corrected chi connectivity index (χ1v) is 6.69. The van der Waals surface area contributed by atoms with Crippen LogP contribution in [0.15, 0.2) is 0 Å². The Balaban J connectivity index is 2.22. The number of nitrogens with one attached hydrogen (secondary N) is 1. The monoisotopic (exact) mass is 211 g/mol. The third-order valence-electron chi connectivity index (χ3n) is 2.23. The van der Waals surface area contributed by atoms with Crippen molar-refractivity contribution in [2.24, 2.45) is 5.92 Å². The van der Waals surface area contributed by atoms with Crippen molar-refractivity contribution >= 4 is 19.7 Å². The number of hydrogen-bond acceptors (Lipinski definition) is 3. The number of rotatable bonds is 3. The van der Waals surface area contributed by atoms with Crippen LogP contribution in [0.25, 0.3) is 0 Å². The average molecular weight is 212 g/mol. The molecule has 3 nitrogen and oxygen atoms in total. The van der Waals surface area contributed by atoms with Gasteiger partial charge < -0.3 is 5.32 Å². The van der Waals surface area contributed by atoms with Gasteiger partial charge in [-0.1, -0.05) is 0 Å². The SMILES string of the molecule is O=S(=O)(Cl)CCC1CCNCC1. The van der Waals surface area contributed by atoms with Crippen LogP contribution in [0.2, 0.25) is 0 Å². The molecule has 1 aliphatic heterocycles. The predicted molar refractivity (Wildman–Crippen MR) is 49.9 cm³/mol. The minimum Gasteiger partial charge on any atom is -0.317 e. The molecule has 72 valence electrons. The van der Waals surface area contributed by atoms with E-state index < -0.39 is 9.05 Å². The number of halogens is 1. The Kier molecular flexibility index (Phi) is 3.80. The molecular weight excluding hydrogens is 198 g/mol. The summed E-state index contributed by atoms with van der Waals surface area (Å²) in [6.07, 6.45) is 2.87. The molecule has 0 radical (unpaired) electrons. The molecule has 1 aliphatic rings. The van der Waals surface area contributed by atoms with E-state index in [2.05, 4.69) is 5.32 Å². The fourth-order valence-corrected chi connectivity index (χ4v) is 2.36. The first kappa shape index (κ1) is 10.3. The fourth-order valence-electron chi connectivity index (χ4n) is 1.48. The highest BCUT2D eigenvalue weighted by molar-refractivity contribution is 8.13. The molecule has 1 saturated heterocycles. The molecule has 0 saturated carbocycles. The molecule has 5 heteroatoms. The van der Waals surface area contributed by atoms with Gasteiger partial charge in [0.1, 0.15) is 0 Å². The van der Waals surface area contributed by atoms with Gasteiger partial charge in [-0.25, -0.2) is 8.42 Å². The highest BCUT2D eigenvalue weighted by atomic mass is 35.7. The van der Waals surface area contributed by atoms with Crippen LogP contribution < -0.4 is 5.32 Å². The van der Waals surface area contributed by atoms with Gasteiger partial charge >= 0.3 is 0 Å². The van der Waals surface area contributed by atoms with Gasteiger partial charge in [0.25, 0.3) is 0 Å². The summed E-state index contributed by atoms with van der Waals surface area (Å²) in [6, 6.07) is 0. The molecule has 0 aromatic carbocycles. The van der Waals surface area contributed by atoms with Crippen molar-refractivity contribution in [3.05, 3.63) is 0 Å². The van der Waals surface area contributed by atoms with Gasteiger partial charge in [0.15, 0.2) is 0 Å². The van der Waals surface area contributed by atoms with E-state index in [4.69, 9.17) is 10.7 Å². The second-order valence-electron chi connectivity index (χ2n) is 3.23. The zero-order valence-electron chi connectivity index (χ0n) is 6.92. The van der Waals surface area contributed by atoms with E-state index in [9.17, 15) is 8.42 Å². The summed E-state index contributed by atoms with van der Waals surface area (Å²) in [5.41, 5.74) is 0. The molecule has 0 aromatic rings. The van der Waals surface area contributed by atoms with Gasteiger partial charge in [0, 0.05) is 10.7 Å². The van der Waals surface area contributed by atoms with E-state index in [1.165, 1.54) is 0 Å². The summed E-state index contributed by atoms with van der Waals surface area (Å²) in [4.78, 5) is 0. The molecule has 1 fully saturated rings. The Morgan fingerprint density at radius 3 is 2.42 bits per heavy atom. The largest absolute Gasteiger partial charge is 0.317 e. The molecule has 0 unspecified atom stereocenters. The smallest absolute Gasteiger partial charge is 0.232 e. The maximum atomic E-state index is 10.6. The molecule has 1 rings (SSSR count). The lowest BCUT2D eigenvalue weighted by molar-refractivity contribution is 0.366. The van der Waals surface area contributed by atoms with Crippen molar-refractivity contribution in [1.29, 1.82) is 0 Å². The topological polar surface area (TPSA) is 46.2 Å². The van der Waals surface area contributed by atoms with Crippen LogP contribution in [0.3, 0.4) is 0 Å². The minimum absolute atomic E-state index is 0.124. The highest BCUT2D eigenvalue weighted by Crippen LogP contribution is 2.17. The second-order valence-corrected chi connectivity index (χ2v) is 6.12. The van der Waals surface area contributed by atoms with E-state index in [0.717, 1.165) is 25.9 Å². The molecule has 0 bridgehead atoms. The molecular formula is C7H14ClNO2S. The Bertz CT molecular complexity index is 222. The third-order valence-corrected chi connectivity index (χ3v) is 3.41. The van der Waals surface area contributed by atoms with E-state index >= 15 is 0 Å². The zero-order chi connectivity index (χ0) is 9.03. The summed E-state index contributed by atoms with van der Waals surface area (Å²) in [5, 5.41) is 3.23. The Hall–Kier alpha value is 0.200. The van der Waals surface area contributed by atoms with Crippen LogP contribution in [-0.4, -0.2) is 27.3 Å².